The minimum Gasteiger partial charge on any atom is -0.341 e. The van der Waals surface area contributed by atoms with Gasteiger partial charge in [0.2, 0.25) is 12.4 Å². The third-order valence-electron chi connectivity index (χ3n) is 2.73. The van der Waals surface area contributed by atoms with Crippen LogP contribution in [0.25, 0.3) is 0 Å². The number of hydrogen-bond acceptors (Lipinski definition) is 3. The van der Waals surface area contributed by atoms with E-state index in [1.807, 2.05) is 4.90 Å². The number of nitrogens with zero attached hydrogens (tertiary/aromatic N) is 3. The Bertz CT molecular complexity index is 297. The van der Waals surface area contributed by atoms with E-state index in [0.29, 0.717) is 31.9 Å². The molecule has 2 heterocycles. The van der Waals surface area contributed by atoms with E-state index in [9.17, 15) is 8.78 Å². The maximum absolute atomic E-state index is 12.4. The molecule has 0 aromatic carbocycles. The van der Waals surface area contributed by atoms with Gasteiger partial charge in [-0.3, -0.25) is 0 Å². The Kier molecular flexibility index (Phi) is 3.08. The lowest BCUT2D eigenvalue weighted by molar-refractivity contribution is 0.0634. The van der Waals surface area contributed by atoms with Gasteiger partial charge in [-0.1, -0.05) is 0 Å². The van der Waals surface area contributed by atoms with Gasteiger partial charge in [-0.15, -0.1) is 0 Å². The lowest BCUT2D eigenvalue weighted by atomic mass is 9.98. The summed E-state index contributed by atoms with van der Waals surface area (Å²) in [5.74, 6) is 0.190. The van der Waals surface area contributed by atoms with Crippen molar-refractivity contribution < 1.29 is 8.78 Å². The number of rotatable bonds is 2. The molecule has 0 amide bonds. The number of piperidine rings is 1. The average Bonchev–Trinajstić information content (AvgIpc) is 2.30. The monoisotopic (exact) mass is 213 g/mol. The van der Waals surface area contributed by atoms with E-state index in [1.165, 1.54) is 0 Å². The fourth-order valence-electron chi connectivity index (χ4n) is 1.81. The zero-order valence-electron chi connectivity index (χ0n) is 8.31. The molecule has 0 bridgehead atoms. The molecule has 1 saturated heterocycles. The topological polar surface area (TPSA) is 29.0 Å². The summed E-state index contributed by atoms with van der Waals surface area (Å²) < 4.78 is 24.8. The third kappa shape index (κ3) is 2.40. The molecule has 5 heteroatoms. The molecule has 1 aliphatic heterocycles. The number of alkyl halides is 2. The van der Waals surface area contributed by atoms with Gasteiger partial charge in [-0.25, -0.2) is 18.7 Å². The minimum atomic E-state index is -2.19. The van der Waals surface area contributed by atoms with Gasteiger partial charge in [-0.2, -0.15) is 0 Å². The quantitative estimate of drug-likeness (QED) is 0.752. The van der Waals surface area contributed by atoms with Crippen molar-refractivity contribution in [3.63, 3.8) is 0 Å². The summed E-state index contributed by atoms with van der Waals surface area (Å²) >= 11 is 0. The maximum atomic E-state index is 12.4. The van der Waals surface area contributed by atoms with Crippen LogP contribution >= 0.6 is 0 Å². The summed E-state index contributed by atoms with van der Waals surface area (Å²) in [7, 11) is 0. The summed E-state index contributed by atoms with van der Waals surface area (Å²) in [6, 6.07) is 1.75. The van der Waals surface area contributed by atoms with Crippen LogP contribution in [0.3, 0.4) is 0 Å². The molecule has 0 unspecified atom stereocenters. The molecule has 3 nitrogen and oxygen atoms in total. The van der Waals surface area contributed by atoms with Gasteiger partial charge in [0.15, 0.2) is 0 Å². The smallest absolute Gasteiger partial charge is 0.241 e. The molecule has 0 N–H and O–H groups in total. The second-order valence-corrected chi connectivity index (χ2v) is 3.71. The van der Waals surface area contributed by atoms with Crippen molar-refractivity contribution in [1.82, 2.24) is 9.97 Å². The first-order valence-corrected chi connectivity index (χ1v) is 5.07. The molecule has 0 spiro atoms. The van der Waals surface area contributed by atoms with Crippen molar-refractivity contribution in [3.8, 4) is 0 Å². The van der Waals surface area contributed by atoms with Crippen LogP contribution in [-0.4, -0.2) is 29.5 Å². The van der Waals surface area contributed by atoms with Gasteiger partial charge >= 0.3 is 0 Å². The van der Waals surface area contributed by atoms with Crippen molar-refractivity contribution in [3.05, 3.63) is 18.5 Å². The first kappa shape index (κ1) is 10.3. The van der Waals surface area contributed by atoms with Crippen LogP contribution in [0.15, 0.2) is 18.5 Å². The van der Waals surface area contributed by atoms with Crippen molar-refractivity contribution in [2.75, 3.05) is 18.0 Å². The van der Waals surface area contributed by atoms with Gasteiger partial charge in [0, 0.05) is 31.4 Å². The van der Waals surface area contributed by atoms with Gasteiger partial charge in [0.25, 0.3) is 0 Å². The van der Waals surface area contributed by atoms with Crippen molar-refractivity contribution in [2.45, 2.75) is 19.3 Å². The van der Waals surface area contributed by atoms with Crippen LogP contribution < -0.4 is 4.90 Å². The summed E-state index contributed by atoms with van der Waals surface area (Å²) in [6.07, 6.45) is 2.19. The Morgan fingerprint density at radius 3 is 2.33 bits per heavy atom. The summed E-state index contributed by atoms with van der Waals surface area (Å²) in [5, 5.41) is 0. The van der Waals surface area contributed by atoms with E-state index in [2.05, 4.69) is 9.97 Å². The highest BCUT2D eigenvalue weighted by atomic mass is 19.3. The van der Waals surface area contributed by atoms with Crippen LogP contribution in [-0.2, 0) is 0 Å². The molecule has 2 rings (SSSR count). The van der Waals surface area contributed by atoms with Crippen LogP contribution in [0, 0.1) is 5.92 Å². The predicted octanol–water partition coefficient (Wildman–Crippen LogP) is 1.96. The van der Waals surface area contributed by atoms with Gasteiger partial charge in [0.05, 0.1) is 0 Å². The lowest BCUT2D eigenvalue weighted by Crippen LogP contribution is -2.36. The number of anilines is 1. The second-order valence-electron chi connectivity index (χ2n) is 3.71. The van der Waals surface area contributed by atoms with Crippen LogP contribution in [0.4, 0.5) is 14.7 Å². The molecular weight excluding hydrogens is 200 g/mol. The molecular formula is C10H13F2N3. The zero-order valence-corrected chi connectivity index (χ0v) is 8.31. The van der Waals surface area contributed by atoms with E-state index in [0.717, 1.165) is 0 Å². The Morgan fingerprint density at radius 2 is 1.80 bits per heavy atom. The van der Waals surface area contributed by atoms with E-state index in [4.69, 9.17) is 0 Å². The predicted molar refractivity (Wildman–Crippen MR) is 53.0 cm³/mol. The van der Waals surface area contributed by atoms with Crippen LogP contribution in [0.2, 0.25) is 0 Å². The summed E-state index contributed by atoms with van der Waals surface area (Å²) in [6.45, 7) is 1.25. The molecule has 0 radical (unpaired) electrons. The van der Waals surface area contributed by atoms with E-state index >= 15 is 0 Å². The lowest BCUT2D eigenvalue weighted by Gasteiger charge is -2.31. The highest BCUT2D eigenvalue weighted by molar-refractivity contribution is 5.28. The van der Waals surface area contributed by atoms with Crippen molar-refractivity contribution >= 4 is 5.95 Å². The van der Waals surface area contributed by atoms with Crippen molar-refractivity contribution in [2.24, 2.45) is 5.92 Å². The molecule has 0 aliphatic carbocycles. The fraction of sp³-hybridized carbons (Fsp3) is 0.600. The highest BCUT2D eigenvalue weighted by Gasteiger charge is 2.26. The van der Waals surface area contributed by atoms with Gasteiger partial charge in [-0.05, 0) is 18.9 Å². The summed E-state index contributed by atoms with van der Waals surface area (Å²) in [4.78, 5) is 10.2. The first-order valence-electron chi connectivity index (χ1n) is 5.07. The SMILES string of the molecule is FC(F)C1CCN(c2ncccn2)CC1. The van der Waals surface area contributed by atoms with Gasteiger partial charge in [0.1, 0.15) is 0 Å². The van der Waals surface area contributed by atoms with Gasteiger partial charge < -0.3 is 4.90 Å². The third-order valence-corrected chi connectivity index (χ3v) is 2.73. The zero-order chi connectivity index (χ0) is 10.7. The highest BCUT2D eigenvalue weighted by Crippen LogP contribution is 2.24. The van der Waals surface area contributed by atoms with Crippen molar-refractivity contribution in [1.29, 1.82) is 0 Å². The molecule has 1 fully saturated rings. The minimum absolute atomic E-state index is 0.454. The molecule has 1 aromatic rings. The van der Waals surface area contributed by atoms with Crippen LogP contribution in [0.5, 0.6) is 0 Å². The maximum Gasteiger partial charge on any atom is 0.241 e. The summed E-state index contributed by atoms with van der Waals surface area (Å²) in [5.41, 5.74) is 0. The normalized spacial score (nSPS) is 18.5. The van der Waals surface area contributed by atoms with E-state index in [1.54, 1.807) is 18.5 Å². The molecule has 15 heavy (non-hydrogen) atoms. The standard InChI is InChI=1S/C10H13F2N3/c11-9(12)8-2-6-15(7-3-8)10-13-4-1-5-14-10/h1,4-5,8-9H,2-3,6-7H2. The molecule has 1 aromatic heterocycles. The molecule has 0 saturated carbocycles. The molecule has 82 valence electrons. The number of aromatic nitrogens is 2. The second kappa shape index (κ2) is 4.51. The van der Waals surface area contributed by atoms with E-state index in [-0.39, 0.29) is 0 Å². The molecule has 1 aliphatic rings. The average molecular weight is 213 g/mol. The Labute approximate surface area is 87.1 Å². The molecule has 0 atom stereocenters. The Balaban J connectivity index is 1.94. The first-order chi connectivity index (χ1) is 7.27. The number of halogens is 2. The Morgan fingerprint density at radius 1 is 1.20 bits per heavy atom. The Hall–Kier alpha value is -1.26. The fourth-order valence-corrected chi connectivity index (χ4v) is 1.81. The van der Waals surface area contributed by atoms with E-state index < -0.39 is 12.3 Å². The largest absolute Gasteiger partial charge is 0.341 e. The van der Waals surface area contributed by atoms with Crippen LogP contribution in [0.1, 0.15) is 12.8 Å². The number of hydrogen-bond donors (Lipinski definition) is 0.